The fourth-order valence-corrected chi connectivity index (χ4v) is 5.71. The van der Waals surface area contributed by atoms with Crippen LogP contribution in [0.15, 0.2) is 24.8 Å². The zero-order valence-electron chi connectivity index (χ0n) is 34.6. The molecule has 0 amide bonds. The van der Waals surface area contributed by atoms with Crippen LogP contribution in [0.4, 0.5) is 0 Å². The van der Waals surface area contributed by atoms with Gasteiger partial charge in [0, 0.05) is 22.3 Å². The maximum absolute atomic E-state index is 11.9. The molecule has 2 fully saturated rings. The number of carbonyl (C=O) groups excluding carboxylic acids is 2. The van der Waals surface area contributed by atoms with Gasteiger partial charge in [-0.05, 0) is 44.4 Å². The SMILES string of the molecule is C.C.C=CC(C)[C@H](NN)C(=O)CC/C=C\[C@H](C)C(C)=O.CC.CC.CC.CC.CC(CC1CCCC1)SC1(C)CC1.CCC.CCCC. The first kappa shape index (κ1) is 65.5. The molecule has 2 aliphatic rings. The molecule has 0 saturated heterocycles. The highest BCUT2D eigenvalue weighted by molar-refractivity contribution is 8.01. The number of allylic oxidation sites excluding steroid dienone is 2. The van der Waals surface area contributed by atoms with Crippen LogP contribution in [-0.4, -0.2) is 27.6 Å². The summed E-state index contributed by atoms with van der Waals surface area (Å²) in [4.78, 5) is 22.9. The molecular formula is C43H96N2O2S. The van der Waals surface area contributed by atoms with Crippen molar-refractivity contribution in [2.45, 2.75) is 226 Å². The van der Waals surface area contributed by atoms with Crippen LogP contribution in [0.5, 0.6) is 0 Å². The third kappa shape index (κ3) is 45.1. The Labute approximate surface area is 311 Å². The Balaban J connectivity index is -0.0000000777. The number of hydrogen-bond acceptors (Lipinski definition) is 5. The molecule has 0 spiro atoms. The van der Waals surface area contributed by atoms with E-state index in [0.29, 0.717) is 17.6 Å². The fourth-order valence-electron chi connectivity index (χ4n) is 4.03. The molecule has 0 heterocycles. The largest absolute Gasteiger partial charge is 0.299 e. The molecule has 4 nitrogen and oxygen atoms in total. The van der Waals surface area contributed by atoms with E-state index in [-0.39, 0.29) is 44.3 Å². The number of ketones is 2. The van der Waals surface area contributed by atoms with Crippen LogP contribution >= 0.6 is 11.8 Å². The molecule has 296 valence electrons. The number of unbranched alkanes of at least 4 members (excludes halogenated alkanes) is 1. The van der Waals surface area contributed by atoms with Crippen LogP contribution in [-0.2, 0) is 9.59 Å². The first-order chi connectivity index (χ1) is 21.9. The predicted octanol–water partition coefficient (Wildman–Crippen LogP) is 14.6. The van der Waals surface area contributed by atoms with Crippen LogP contribution in [0.2, 0.25) is 0 Å². The molecule has 2 aliphatic carbocycles. The normalized spacial score (nSPS) is 15.5. The molecular weight excluding hydrogens is 609 g/mol. The predicted molar refractivity (Wildman–Crippen MR) is 230 cm³/mol. The highest BCUT2D eigenvalue weighted by atomic mass is 32.2. The van der Waals surface area contributed by atoms with Gasteiger partial charge in [0.15, 0.2) is 5.78 Å². The van der Waals surface area contributed by atoms with Crippen molar-refractivity contribution in [1.82, 2.24) is 5.43 Å². The number of Topliss-reactive ketones (excluding diaryl/α,β-unsaturated/α-hetero) is 2. The second kappa shape index (κ2) is 50.5. The standard InChI is InChI=1S/C14H24N2O2.C12H22S.C4H10.C3H8.4C2H6.2CH4/c1-5-10(2)14(16-15)13(18)9-7-6-8-11(3)12(4)17;1-10(13-12(2)7-8-12)9-11-5-3-4-6-11;1-3-4-2;1-3-2;4*1-2;;/h5-6,8,10-11,14,16H,1,7,9,15H2,2-4H3;10-11H,3-9H2,1-2H3;3-4H2,1-2H3;3H2,1-2H3;4*1-2H3;2*1H4/b8-6-;;;;;;;;;/t10?,11-,14-;;;;;;;;;/m0........./s1. The molecule has 2 rings (SSSR count). The maximum atomic E-state index is 11.9. The lowest BCUT2D eigenvalue weighted by atomic mass is 9.96. The van der Waals surface area contributed by atoms with Crippen molar-refractivity contribution in [3.05, 3.63) is 24.8 Å². The summed E-state index contributed by atoms with van der Waals surface area (Å²) >= 11 is 2.25. The Bertz CT molecular complexity index is 639. The molecule has 3 N–H and O–H groups in total. The van der Waals surface area contributed by atoms with Crippen LogP contribution < -0.4 is 11.3 Å². The summed E-state index contributed by atoms with van der Waals surface area (Å²) in [7, 11) is 0. The molecule has 2 saturated carbocycles. The zero-order valence-corrected chi connectivity index (χ0v) is 35.4. The minimum absolute atomic E-state index is 0. The molecule has 5 heteroatoms. The lowest BCUT2D eigenvalue weighted by Gasteiger charge is -2.19. The van der Waals surface area contributed by atoms with Crippen LogP contribution in [0.3, 0.4) is 0 Å². The van der Waals surface area contributed by atoms with E-state index in [4.69, 9.17) is 5.84 Å². The first-order valence-electron chi connectivity index (χ1n) is 19.4. The van der Waals surface area contributed by atoms with E-state index in [2.05, 4.69) is 65.3 Å². The smallest absolute Gasteiger partial charge is 0.151 e. The second-order valence-corrected chi connectivity index (χ2v) is 13.6. The van der Waals surface area contributed by atoms with Crippen LogP contribution in [0.1, 0.15) is 210 Å². The lowest BCUT2D eigenvalue weighted by Crippen LogP contribution is -2.45. The van der Waals surface area contributed by atoms with E-state index in [9.17, 15) is 9.59 Å². The molecule has 0 aromatic heterocycles. The Morgan fingerprint density at radius 3 is 1.62 bits per heavy atom. The minimum Gasteiger partial charge on any atom is -0.299 e. The van der Waals surface area contributed by atoms with E-state index < -0.39 is 0 Å². The molecule has 0 radical (unpaired) electrons. The van der Waals surface area contributed by atoms with Gasteiger partial charge in [-0.3, -0.25) is 15.4 Å². The Morgan fingerprint density at radius 1 is 0.896 bits per heavy atom. The summed E-state index contributed by atoms with van der Waals surface area (Å²) in [6.07, 6.45) is 20.8. The minimum atomic E-state index is -0.388. The van der Waals surface area contributed by atoms with Crippen molar-refractivity contribution >= 4 is 23.3 Å². The number of thioether (sulfide) groups is 1. The lowest BCUT2D eigenvalue weighted by molar-refractivity contribution is -0.121. The fraction of sp³-hybridized carbons (Fsp3) is 0.860. The van der Waals surface area contributed by atoms with Crippen molar-refractivity contribution in [3.8, 4) is 0 Å². The summed E-state index contributed by atoms with van der Waals surface area (Å²) in [6, 6.07) is -0.388. The molecule has 0 bridgehead atoms. The first-order valence-corrected chi connectivity index (χ1v) is 20.3. The number of nitrogens with one attached hydrogen (secondary N) is 1. The maximum Gasteiger partial charge on any atom is 0.151 e. The summed E-state index contributed by atoms with van der Waals surface area (Å²) in [5.74, 6) is 6.53. The molecule has 4 atom stereocenters. The van der Waals surface area contributed by atoms with Gasteiger partial charge < -0.3 is 0 Å². The number of hydrogen-bond donors (Lipinski definition) is 2. The Morgan fingerprint density at radius 2 is 1.31 bits per heavy atom. The van der Waals surface area contributed by atoms with Crippen molar-refractivity contribution in [2.75, 3.05) is 0 Å². The highest BCUT2D eigenvalue weighted by Gasteiger charge is 2.39. The van der Waals surface area contributed by atoms with Crippen LogP contribution in [0, 0.1) is 17.8 Å². The number of carbonyl (C=O) groups is 2. The third-order valence-electron chi connectivity index (χ3n) is 7.13. The summed E-state index contributed by atoms with van der Waals surface area (Å²) in [5.41, 5.74) is 2.52. The Hall–Kier alpha value is -0.910. The van der Waals surface area contributed by atoms with E-state index in [1.165, 1.54) is 64.2 Å². The van der Waals surface area contributed by atoms with Crippen molar-refractivity contribution in [2.24, 2.45) is 23.6 Å². The van der Waals surface area contributed by atoms with Gasteiger partial charge >= 0.3 is 0 Å². The average molecular weight is 705 g/mol. The molecule has 0 aliphatic heterocycles. The van der Waals surface area contributed by atoms with Crippen molar-refractivity contribution in [3.63, 3.8) is 0 Å². The van der Waals surface area contributed by atoms with E-state index in [0.717, 1.165) is 11.2 Å². The zero-order chi connectivity index (χ0) is 37.6. The number of nitrogens with two attached hydrogens (primary N) is 1. The summed E-state index contributed by atoms with van der Waals surface area (Å²) in [6.45, 7) is 38.4. The number of rotatable bonds is 14. The van der Waals surface area contributed by atoms with Gasteiger partial charge in [-0.25, -0.2) is 5.43 Å². The van der Waals surface area contributed by atoms with Gasteiger partial charge in [-0.2, -0.15) is 11.8 Å². The average Bonchev–Trinajstić information content (AvgIpc) is 3.57. The third-order valence-corrected chi connectivity index (χ3v) is 8.70. The van der Waals surface area contributed by atoms with Gasteiger partial charge in [0.1, 0.15) is 5.78 Å². The topological polar surface area (TPSA) is 72.2 Å². The van der Waals surface area contributed by atoms with Crippen molar-refractivity contribution in [1.29, 1.82) is 0 Å². The van der Waals surface area contributed by atoms with Crippen molar-refractivity contribution < 1.29 is 9.59 Å². The quantitative estimate of drug-likeness (QED) is 0.107. The molecule has 48 heavy (non-hydrogen) atoms. The van der Waals surface area contributed by atoms with E-state index in [1.54, 1.807) is 13.0 Å². The monoisotopic (exact) mass is 705 g/mol. The second-order valence-electron chi connectivity index (χ2n) is 11.5. The van der Waals surface area contributed by atoms with Gasteiger partial charge in [-0.15, -0.1) is 6.58 Å². The summed E-state index contributed by atoms with van der Waals surface area (Å²) in [5, 5.41) is 0.913. The van der Waals surface area contributed by atoms with E-state index >= 15 is 0 Å². The molecule has 0 aromatic carbocycles. The van der Waals surface area contributed by atoms with Gasteiger partial charge in [0.25, 0.3) is 0 Å². The van der Waals surface area contributed by atoms with Gasteiger partial charge in [0.05, 0.1) is 6.04 Å². The molecule has 0 aromatic rings. The van der Waals surface area contributed by atoms with Gasteiger partial charge in [0.2, 0.25) is 0 Å². The summed E-state index contributed by atoms with van der Waals surface area (Å²) < 4.78 is 0.692. The van der Waals surface area contributed by atoms with E-state index in [1.807, 2.05) is 81.4 Å². The highest BCUT2D eigenvalue weighted by Crippen LogP contribution is 2.51. The van der Waals surface area contributed by atoms with Gasteiger partial charge in [-0.1, -0.05) is 189 Å². The molecule has 2 unspecified atom stereocenters. The van der Waals surface area contributed by atoms with Crippen LogP contribution in [0.25, 0.3) is 0 Å². The number of hydrazine groups is 1. The Kier molecular flexibility index (Phi) is 68.8.